The van der Waals surface area contributed by atoms with E-state index in [9.17, 15) is 9.59 Å². The zero-order valence-electron chi connectivity index (χ0n) is 7.96. The lowest BCUT2D eigenvalue weighted by atomic mass is 10.3. The van der Waals surface area contributed by atoms with Crippen LogP contribution in [0, 0.1) is 0 Å². The Bertz CT molecular complexity index is 425. The second-order valence-electron chi connectivity index (χ2n) is 2.83. The van der Waals surface area contributed by atoms with E-state index in [4.69, 9.17) is 16.7 Å². The fraction of sp³-hybridized carbons (Fsp3) is 0.111. The van der Waals surface area contributed by atoms with E-state index in [1.54, 1.807) is 18.2 Å². The summed E-state index contributed by atoms with van der Waals surface area (Å²) in [6, 6.07) is 4.31. The molecule has 0 saturated carbocycles. The van der Waals surface area contributed by atoms with E-state index in [1.165, 1.54) is 0 Å². The number of hydrogen-bond donors (Lipinski definition) is 3. The molecule has 5 nitrogen and oxygen atoms in total. The van der Waals surface area contributed by atoms with Gasteiger partial charge in [-0.1, -0.05) is 27.5 Å². The number of halogens is 2. The Labute approximate surface area is 105 Å². The van der Waals surface area contributed by atoms with Crippen LogP contribution < -0.4 is 10.6 Å². The first-order chi connectivity index (χ1) is 7.49. The molecule has 0 aliphatic rings. The largest absolute Gasteiger partial charge is 0.480 e. The highest BCUT2D eigenvalue weighted by Gasteiger charge is 2.06. The predicted molar refractivity (Wildman–Crippen MR) is 63.8 cm³/mol. The first kappa shape index (κ1) is 12.8. The molecule has 0 radical (unpaired) electrons. The van der Waals surface area contributed by atoms with Crippen LogP contribution in [-0.4, -0.2) is 23.7 Å². The predicted octanol–water partition coefficient (Wildman–Crippen LogP) is 2.31. The first-order valence-electron chi connectivity index (χ1n) is 4.20. The highest BCUT2D eigenvalue weighted by atomic mass is 79.9. The van der Waals surface area contributed by atoms with Gasteiger partial charge in [0.25, 0.3) is 0 Å². The molecule has 0 aromatic heterocycles. The second kappa shape index (κ2) is 5.72. The topological polar surface area (TPSA) is 78.4 Å². The summed E-state index contributed by atoms with van der Waals surface area (Å²) in [7, 11) is 0. The number of urea groups is 1. The van der Waals surface area contributed by atoms with Crippen LogP contribution in [0.3, 0.4) is 0 Å². The number of carbonyl (C=O) groups excluding carboxylic acids is 1. The molecule has 1 aromatic carbocycles. The lowest BCUT2D eigenvalue weighted by Crippen LogP contribution is -2.33. The van der Waals surface area contributed by atoms with E-state index in [1.807, 2.05) is 0 Å². The second-order valence-corrected chi connectivity index (χ2v) is 4.15. The molecule has 7 heteroatoms. The summed E-state index contributed by atoms with van der Waals surface area (Å²) >= 11 is 9.07. The Kier molecular flexibility index (Phi) is 4.57. The van der Waals surface area contributed by atoms with Gasteiger partial charge < -0.3 is 15.7 Å². The van der Waals surface area contributed by atoms with E-state index in [0.717, 1.165) is 4.47 Å². The number of amides is 2. The fourth-order valence-electron chi connectivity index (χ4n) is 0.913. The fourth-order valence-corrected chi connectivity index (χ4v) is 1.63. The van der Waals surface area contributed by atoms with Crippen LogP contribution >= 0.6 is 27.5 Å². The highest BCUT2D eigenvalue weighted by Crippen LogP contribution is 2.25. The molecule has 86 valence electrons. The van der Waals surface area contributed by atoms with E-state index < -0.39 is 18.5 Å². The van der Waals surface area contributed by atoms with Crippen molar-refractivity contribution in [2.45, 2.75) is 0 Å². The maximum absolute atomic E-state index is 11.2. The van der Waals surface area contributed by atoms with Crippen molar-refractivity contribution < 1.29 is 14.7 Å². The van der Waals surface area contributed by atoms with E-state index in [2.05, 4.69) is 26.6 Å². The maximum atomic E-state index is 11.2. The lowest BCUT2D eigenvalue weighted by molar-refractivity contribution is -0.135. The van der Waals surface area contributed by atoms with Crippen LogP contribution in [0.25, 0.3) is 0 Å². The van der Waals surface area contributed by atoms with Gasteiger partial charge >= 0.3 is 12.0 Å². The molecule has 1 rings (SSSR count). The van der Waals surface area contributed by atoms with Gasteiger partial charge in [0.1, 0.15) is 6.54 Å². The summed E-state index contributed by atoms with van der Waals surface area (Å²) in [5, 5.41) is 13.3. The van der Waals surface area contributed by atoms with Crippen LogP contribution in [-0.2, 0) is 4.79 Å². The quantitative estimate of drug-likeness (QED) is 0.802. The number of carbonyl (C=O) groups is 2. The van der Waals surface area contributed by atoms with Crippen molar-refractivity contribution in [1.82, 2.24) is 5.32 Å². The number of carboxylic acid groups (broad SMARTS) is 1. The Morgan fingerprint density at radius 2 is 2.12 bits per heavy atom. The van der Waals surface area contributed by atoms with Gasteiger partial charge in [-0.25, -0.2) is 4.79 Å². The molecule has 0 bridgehead atoms. The van der Waals surface area contributed by atoms with Gasteiger partial charge in [0.15, 0.2) is 0 Å². The lowest BCUT2D eigenvalue weighted by Gasteiger charge is -2.07. The van der Waals surface area contributed by atoms with Crippen molar-refractivity contribution in [3.8, 4) is 0 Å². The average Bonchev–Trinajstić information content (AvgIpc) is 2.19. The summed E-state index contributed by atoms with van der Waals surface area (Å²) < 4.78 is 0.786. The third kappa shape index (κ3) is 4.08. The zero-order chi connectivity index (χ0) is 12.1. The molecule has 2 amide bonds. The number of nitrogens with one attached hydrogen (secondary N) is 2. The van der Waals surface area contributed by atoms with Crippen molar-refractivity contribution in [1.29, 1.82) is 0 Å². The number of anilines is 1. The van der Waals surface area contributed by atoms with Crippen molar-refractivity contribution >= 4 is 45.2 Å². The standard InChI is InChI=1S/C9H8BrClN2O3/c10-5-1-2-7(6(11)3-5)13-9(16)12-4-8(14)15/h1-3H,4H2,(H,14,15)(H2,12,13,16). The van der Waals surface area contributed by atoms with Crippen molar-refractivity contribution in [3.63, 3.8) is 0 Å². The molecule has 0 saturated heterocycles. The van der Waals surface area contributed by atoms with Crippen molar-refractivity contribution in [2.75, 3.05) is 11.9 Å². The number of carboxylic acids is 1. The minimum absolute atomic E-state index is 0.361. The Morgan fingerprint density at radius 1 is 1.44 bits per heavy atom. The zero-order valence-corrected chi connectivity index (χ0v) is 10.3. The molecule has 0 fully saturated rings. The van der Waals surface area contributed by atoms with Crippen LogP contribution in [0.2, 0.25) is 5.02 Å². The van der Waals surface area contributed by atoms with Crippen molar-refractivity contribution in [2.24, 2.45) is 0 Å². The molecule has 3 N–H and O–H groups in total. The molecule has 0 heterocycles. The Morgan fingerprint density at radius 3 is 2.69 bits per heavy atom. The van der Waals surface area contributed by atoms with E-state index in [0.29, 0.717) is 10.7 Å². The van der Waals surface area contributed by atoms with Gasteiger partial charge in [0, 0.05) is 4.47 Å². The molecule has 0 aliphatic carbocycles. The highest BCUT2D eigenvalue weighted by molar-refractivity contribution is 9.10. The molecule has 0 aliphatic heterocycles. The third-order valence-electron chi connectivity index (χ3n) is 1.58. The summed E-state index contributed by atoms with van der Waals surface area (Å²) in [6.07, 6.45) is 0. The third-order valence-corrected chi connectivity index (χ3v) is 2.39. The van der Waals surface area contributed by atoms with Gasteiger partial charge in [-0.2, -0.15) is 0 Å². The van der Waals surface area contributed by atoms with Gasteiger partial charge in [0.2, 0.25) is 0 Å². The smallest absolute Gasteiger partial charge is 0.323 e. The van der Waals surface area contributed by atoms with Gasteiger partial charge in [-0.05, 0) is 18.2 Å². The molecule has 16 heavy (non-hydrogen) atoms. The number of benzene rings is 1. The summed E-state index contributed by atoms with van der Waals surface area (Å²) in [5.41, 5.74) is 0.410. The summed E-state index contributed by atoms with van der Waals surface area (Å²) in [4.78, 5) is 21.4. The van der Waals surface area contributed by atoms with Crippen LogP contribution in [0.4, 0.5) is 10.5 Å². The normalized spacial score (nSPS) is 9.62. The molecular weight excluding hydrogens is 299 g/mol. The van der Waals surface area contributed by atoms with Crippen LogP contribution in [0.5, 0.6) is 0 Å². The average molecular weight is 308 g/mol. The molecule has 0 unspecified atom stereocenters. The van der Waals surface area contributed by atoms with Gasteiger partial charge in [-0.15, -0.1) is 0 Å². The van der Waals surface area contributed by atoms with Crippen molar-refractivity contribution in [3.05, 3.63) is 27.7 Å². The number of hydrogen-bond acceptors (Lipinski definition) is 2. The van der Waals surface area contributed by atoms with E-state index >= 15 is 0 Å². The Hall–Kier alpha value is -1.27. The minimum atomic E-state index is -1.11. The van der Waals surface area contributed by atoms with E-state index in [-0.39, 0.29) is 0 Å². The molecule has 1 aromatic rings. The minimum Gasteiger partial charge on any atom is -0.480 e. The van der Waals surface area contributed by atoms with Gasteiger partial charge in [0.05, 0.1) is 10.7 Å². The number of aliphatic carboxylic acids is 1. The monoisotopic (exact) mass is 306 g/mol. The number of rotatable bonds is 3. The SMILES string of the molecule is O=C(O)CNC(=O)Nc1ccc(Br)cc1Cl. The first-order valence-corrected chi connectivity index (χ1v) is 5.38. The maximum Gasteiger partial charge on any atom is 0.323 e. The summed E-state index contributed by atoms with van der Waals surface area (Å²) in [6.45, 7) is -0.444. The Balaban J connectivity index is 2.59. The van der Waals surface area contributed by atoms with Gasteiger partial charge in [-0.3, -0.25) is 4.79 Å². The van der Waals surface area contributed by atoms with Crippen LogP contribution in [0.15, 0.2) is 22.7 Å². The molecular formula is C9H8BrClN2O3. The molecule has 0 atom stereocenters. The summed E-state index contributed by atoms with van der Waals surface area (Å²) in [5.74, 6) is -1.11. The molecule has 0 spiro atoms. The van der Waals surface area contributed by atoms with Crippen LogP contribution in [0.1, 0.15) is 0 Å².